The molecular weight excluding hydrogens is 274 g/mol. The number of likely N-dealkylation sites (tertiary alicyclic amines) is 1. The number of benzene rings is 1. The quantitative estimate of drug-likeness (QED) is 0.660. The molecule has 1 aliphatic heterocycles. The van der Waals surface area contributed by atoms with E-state index in [1.165, 1.54) is 13.2 Å². The van der Waals surface area contributed by atoms with Crippen LogP contribution in [-0.2, 0) is 4.79 Å². The zero-order chi connectivity index (χ0) is 15.0. The third-order valence-corrected chi connectivity index (χ3v) is 3.89. The molecule has 1 amide bonds. The number of hydrogen-bond acceptors (Lipinski definition) is 5. The molecule has 0 bridgehead atoms. The van der Waals surface area contributed by atoms with Gasteiger partial charge in [-0.1, -0.05) is 0 Å². The number of nitrogens with one attached hydrogen (secondary N) is 1. The van der Waals surface area contributed by atoms with E-state index in [1.807, 2.05) is 4.90 Å². The van der Waals surface area contributed by atoms with Crippen LogP contribution in [0.2, 0.25) is 0 Å². The van der Waals surface area contributed by atoms with Crippen molar-refractivity contribution >= 4 is 17.3 Å². The highest BCUT2D eigenvalue weighted by Gasteiger charge is 2.39. The smallest absolute Gasteiger partial charge is 0.311 e. The highest BCUT2D eigenvalue weighted by atomic mass is 16.6. The number of ether oxygens (including phenoxy) is 1. The molecule has 7 heteroatoms. The largest absolute Gasteiger partial charge is 0.490 e. The first-order valence-electron chi connectivity index (χ1n) is 6.97. The average Bonchev–Trinajstić information content (AvgIpc) is 3.23. The molecule has 1 saturated heterocycles. The Kier molecular flexibility index (Phi) is 3.40. The minimum atomic E-state index is -0.476. The van der Waals surface area contributed by atoms with Crippen LogP contribution in [0.1, 0.15) is 19.3 Å². The van der Waals surface area contributed by atoms with Crippen molar-refractivity contribution in [1.82, 2.24) is 4.90 Å². The number of nitrogens with zero attached hydrogens (tertiary/aromatic N) is 2. The summed E-state index contributed by atoms with van der Waals surface area (Å²) in [6, 6.07) is 5.13. The molecule has 0 radical (unpaired) electrons. The van der Waals surface area contributed by atoms with Gasteiger partial charge in [0.1, 0.15) is 0 Å². The first-order chi connectivity index (χ1) is 10.1. The molecule has 7 nitrogen and oxygen atoms in total. The van der Waals surface area contributed by atoms with Crippen LogP contribution in [0.15, 0.2) is 18.2 Å². The lowest BCUT2D eigenvalue weighted by molar-refractivity contribution is -0.385. The molecule has 0 aromatic heterocycles. The first-order valence-corrected chi connectivity index (χ1v) is 6.97. The van der Waals surface area contributed by atoms with E-state index in [-0.39, 0.29) is 23.4 Å². The number of carbonyl (C=O) groups is 1. The van der Waals surface area contributed by atoms with Gasteiger partial charge in [0.25, 0.3) is 0 Å². The minimum Gasteiger partial charge on any atom is -0.490 e. The van der Waals surface area contributed by atoms with Crippen molar-refractivity contribution in [2.24, 2.45) is 0 Å². The SMILES string of the molecule is COc1cc(NC2CC(=O)N(C3CC3)C2)ccc1[N+](=O)[O-]. The lowest BCUT2D eigenvalue weighted by Crippen LogP contribution is -2.29. The fourth-order valence-electron chi connectivity index (χ4n) is 2.72. The maximum absolute atomic E-state index is 11.9. The predicted octanol–water partition coefficient (Wildman–Crippen LogP) is 1.78. The van der Waals surface area contributed by atoms with E-state index in [9.17, 15) is 14.9 Å². The van der Waals surface area contributed by atoms with Crippen LogP contribution in [0, 0.1) is 10.1 Å². The lowest BCUT2D eigenvalue weighted by Gasteiger charge is -2.17. The van der Waals surface area contributed by atoms with Gasteiger partial charge in [-0.3, -0.25) is 14.9 Å². The summed E-state index contributed by atoms with van der Waals surface area (Å²) in [7, 11) is 1.40. The van der Waals surface area contributed by atoms with E-state index in [0.29, 0.717) is 19.0 Å². The maximum atomic E-state index is 11.9. The highest BCUT2D eigenvalue weighted by Crippen LogP contribution is 2.33. The van der Waals surface area contributed by atoms with Crippen LogP contribution < -0.4 is 10.1 Å². The van der Waals surface area contributed by atoms with E-state index < -0.39 is 4.92 Å². The summed E-state index contributed by atoms with van der Waals surface area (Å²) >= 11 is 0. The van der Waals surface area contributed by atoms with Crippen molar-refractivity contribution in [3.63, 3.8) is 0 Å². The second kappa shape index (κ2) is 5.23. The summed E-state index contributed by atoms with van der Waals surface area (Å²) in [6.45, 7) is 0.697. The Hall–Kier alpha value is -2.31. The summed E-state index contributed by atoms with van der Waals surface area (Å²) in [6.07, 6.45) is 2.67. The molecule has 1 unspecified atom stereocenters. The van der Waals surface area contributed by atoms with Crippen molar-refractivity contribution in [3.8, 4) is 5.75 Å². The molecule has 0 spiro atoms. The van der Waals surface area contributed by atoms with E-state index in [0.717, 1.165) is 18.5 Å². The molecule has 1 aromatic carbocycles. The molecule has 1 aliphatic carbocycles. The maximum Gasteiger partial charge on any atom is 0.311 e. The molecule has 1 saturated carbocycles. The molecule has 21 heavy (non-hydrogen) atoms. The predicted molar refractivity (Wildman–Crippen MR) is 76.4 cm³/mol. The Bertz CT molecular complexity index is 586. The van der Waals surface area contributed by atoms with Gasteiger partial charge in [0.05, 0.1) is 18.1 Å². The Morgan fingerprint density at radius 3 is 2.81 bits per heavy atom. The molecule has 3 rings (SSSR count). The van der Waals surface area contributed by atoms with Crippen LogP contribution in [0.25, 0.3) is 0 Å². The van der Waals surface area contributed by atoms with Crippen LogP contribution in [-0.4, -0.2) is 41.5 Å². The van der Waals surface area contributed by atoms with Crippen LogP contribution in [0.5, 0.6) is 5.75 Å². The minimum absolute atomic E-state index is 0.0456. The molecule has 1 N–H and O–H groups in total. The molecular formula is C14H17N3O4. The van der Waals surface area contributed by atoms with Gasteiger partial charge in [-0.15, -0.1) is 0 Å². The third kappa shape index (κ3) is 2.76. The topological polar surface area (TPSA) is 84.7 Å². The van der Waals surface area contributed by atoms with E-state index >= 15 is 0 Å². The van der Waals surface area contributed by atoms with Gasteiger partial charge in [-0.25, -0.2) is 0 Å². The number of hydrogen-bond donors (Lipinski definition) is 1. The van der Waals surface area contributed by atoms with Crippen LogP contribution in [0.3, 0.4) is 0 Å². The second-order valence-corrected chi connectivity index (χ2v) is 5.47. The van der Waals surface area contributed by atoms with Crippen LogP contribution in [0.4, 0.5) is 11.4 Å². The number of amides is 1. The summed E-state index contributed by atoms with van der Waals surface area (Å²) in [4.78, 5) is 24.2. The first kappa shape index (κ1) is 13.7. The Balaban J connectivity index is 1.70. The second-order valence-electron chi connectivity index (χ2n) is 5.47. The van der Waals surface area contributed by atoms with Crippen molar-refractivity contribution in [3.05, 3.63) is 28.3 Å². The lowest BCUT2D eigenvalue weighted by atomic mass is 10.2. The number of anilines is 1. The van der Waals surface area contributed by atoms with Crippen molar-refractivity contribution in [2.45, 2.75) is 31.3 Å². The zero-order valence-electron chi connectivity index (χ0n) is 11.7. The summed E-state index contributed by atoms with van der Waals surface area (Å²) in [5, 5.41) is 14.1. The molecule has 112 valence electrons. The fraction of sp³-hybridized carbons (Fsp3) is 0.500. The number of nitro benzene ring substituents is 1. The number of nitro groups is 1. The summed E-state index contributed by atoms with van der Waals surface area (Å²) in [5.74, 6) is 0.400. The summed E-state index contributed by atoms with van der Waals surface area (Å²) in [5.41, 5.74) is 0.665. The van der Waals surface area contributed by atoms with Crippen LogP contribution >= 0.6 is 0 Å². The van der Waals surface area contributed by atoms with Crippen molar-refractivity contribution < 1.29 is 14.5 Å². The number of carbonyl (C=O) groups excluding carboxylic acids is 1. The van der Waals surface area contributed by atoms with E-state index in [4.69, 9.17) is 4.74 Å². The molecule has 1 atom stereocenters. The highest BCUT2D eigenvalue weighted by molar-refractivity contribution is 5.80. The number of rotatable bonds is 5. The standard InChI is InChI=1S/C14H17N3O4/c1-21-13-6-9(2-5-12(13)17(19)20)15-10-7-14(18)16(8-10)11-3-4-11/h2,5-6,10-11,15H,3-4,7-8H2,1H3. The third-order valence-electron chi connectivity index (χ3n) is 3.89. The molecule has 2 aliphatic rings. The van der Waals surface area contributed by atoms with Gasteiger partial charge in [-0.05, 0) is 18.9 Å². The molecule has 1 aromatic rings. The van der Waals surface area contributed by atoms with Crippen molar-refractivity contribution in [2.75, 3.05) is 19.0 Å². The van der Waals surface area contributed by atoms with Gasteiger partial charge in [0, 0.05) is 36.8 Å². The molecule has 2 fully saturated rings. The monoisotopic (exact) mass is 291 g/mol. The van der Waals surface area contributed by atoms with Gasteiger partial charge >= 0.3 is 5.69 Å². The average molecular weight is 291 g/mol. The van der Waals surface area contributed by atoms with Gasteiger partial charge in [0.15, 0.2) is 5.75 Å². The van der Waals surface area contributed by atoms with E-state index in [1.54, 1.807) is 12.1 Å². The molecule has 1 heterocycles. The Morgan fingerprint density at radius 2 is 2.19 bits per heavy atom. The normalized spacial score (nSPS) is 21.5. The zero-order valence-corrected chi connectivity index (χ0v) is 11.7. The van der Waals surface area contributed by atoms with Gasteiger partial charge < -0.3 is 15.0 Å². The van der Waals surface area contributed by atoms with Crippen molar-refractivity contribution in [1.29, 1.82) is 0 Å². The Morgan fingerprint density at radius 1 is 1.43 bits per heavy atom. The number of methoxy groups -OCH3 is 1. The fourth-order valence-corrected chi connectivity index (χ4v) is 2.72. The summed E-state index contributed by atoms with van der Waals surface area (Å²) < 4.78 is 5.04. The van der Waals surface area contributed by atoms with Gasteiger partial charge in [-0.2, -0.15) is 0 Å². The Labute approximate surface area is 122 Å². The van der Waals surface area contributed by atoms with Gasteiger partial charge in [0.2, 0.25) is 5.91 Å². The van der Waals surface area contributed by atoms with E-state index in [2.05, 4.69) is 5.32 Å².